The van der Waals surface area contributed by atoms with E-state index in [1.807, 2.05) is 6.07 Å². The molecule has 0 aromatic heterocycles. The molecule has 0 aliphatic rings. The van der Waals surface area contributed by atoms with Gasteiger partial charge in [-0.2, -0.15) is 0 Å². The van der Waals surface area contributed by atoms with E-state index in [0.29, 0.717) is 17.1 Å². The third kappa shape index (κ3) is 7.14. The molecular weight excluding hydrogens is 390 g/mol. The second kappa shape index (κ2) is 10.2. The molecule has 158 valence electrons. The van der Waals surface area contributed by atoms with Crippen molar-refractivity contribution in [3.63, 3.8) is 0 Å². The number of aliphatic hydroxyl groups excluding tert-OH is 1. The number of aryl methyl sites for hydroxylation is 1. The van der Waals surface area contributed by atoms with Gasteiger partial charge in [-0.3, -0.25) is 0 Å². The summed E-state index contributed by atoms with van der Waals surface area (Å²) >= 11 is 5.13. The zero-order chi connectivity index (χ0) is 21.6. The van der Waals surface area contributed by atoms with Crippen LogP contribution in [0, 0.1) is 11.6 Å². The lowest BCUT2D eigenvalue weighted by Crippen LogP contribution is -2.50. The number of hydrogen-bond donors (Lipinski definition) is 3. The van der Waals surface area contributed by atoms with Crippen molar-refractivity contribution in [2.24, 2.45) is 0 Å². The van der Waals surface area contributed by atoms with Gasteiger partial charge >= 0.3 is 0 Å². The average molecular weight is 421 g/mol. The van der Waals surface area contributed by atoms with Crippen molar-refractivity contribution >= 4 is 17.2 Å². The van der Waals surface area contributed by atoms with Gasteiger partial charge in [0.2, 0.25) is 0 Å². The summed E-state index contributed by atoms with van der Waals surface area (Å²) in [4.78, 5) is 0.515. The van der Waals surface area contributed by atoms with Crippen molar-refractivity contribution in [1.82, 2.24) is 10.6 Å². The van der Waals surface area contributed by atoms with Crippen molar-refractivity contribution in [3.8, 4) is 0 Å². The summed E-state index contributed by atoms with van der Waals surface area (Å²) in [5, 5.41) is 17.3. The number of benzene rings is 2. The number of nitrogens with one attached hydrogen (secondary N) is 2. The van der Waals surface area contributed by atoms with Gasteiger partial charge in [0.05, 0.1) is 17.1 Å². The van der Waals surface area contributed by atoms with E-state index in [4.69, 9.17) is 12.2 Å². The van der Waals surface area contributed by atoms with E-state index in [1.54, 1.807) is 6.92 Å². The van der Waals surface area contributed by atoms with Crippen LogP contribution in [-0.2, 0) is 18.4 Å². The fourth-order valence-electron chi connectivity index (χ4n) is 3.31. The Labute approximate surface area is 177 Å². The zero-order valence-corrected chi connectivity index (χ0v) is 18.2. The maximum atomic E-state index is 13.5. The summed E-state index contributed by atoms with van der Waals surface area (Å²) in [7, 11) is 0. The van der Waals surface area contributed by atoms with E-state index >= 15 is 0 Å². The molecule has 0 aliphatic carbocycles. The molecule has 3 nitrogen and oxygen atoms in total. The minimum Gasteiger partial charge on any atom is -0.390 e. The van der Waals surface area contributed by atoms with Gasteiger partial charge in [-0.15, -0.1) is 0 Å². The molecule has 3 N–H and O–H groups in total. The van der Waals surface area contributed by atoms with E-state index in [-0.39, 0.29) is 12.0 Å². The highest BCUT2D eigenvalue weighted by molar-refractivity contribution is 7.80. The van der Waals surface area contributed by atoms with Crippen LogP contribution in [-0.4, -0.2) is 28.8 Å². The van der Waals surface area contributed by atoms with Crippen LogP contribution in [0.5, 0.6) is 0 Å². The quantitative estimate of drug-likeness (QED) is 0.531. The number of halogens is 2. The van der Waals surface area contributed by atoms with Crippen LogP contribution in [0.2, 0.25) is 0 Å². The Balaban J connectivity index is 2.10. The number of aliphatic hydroxyl groups is 1. The van der Waals surface area contributed by atoms with Gasteiger partial charge in [0.1, 0.15) is 11.6 Å². The lowest BCUT2D eigenvalue weighted by molar-refractivity contribution is 0.123. The topological polar surface area (TPSA) is 44.3 Å². The third-order valence-electron chi connectivity index (χ3n) is 5.04. The van der Waals surface area contributed by atoms with Crippen LogP contribution in [0.1, 0.15) is 44.4 Å². The number of hydrogen-bond acceptors (Lipinski definition) is 3. The molecule has 29 heavy (non-hydrogen) atoms. The predicted molar refractivity (Wildman–Crippen MR) is 118 cm³/mol. The highest BCUT2D eigenvalue weighted by Gasteiger charge is 2.25. The molecule has 0 saturated heterocycles. The monoisotopic (exact) mass is 420 g/mol. The summed E-state index contributed by atoms with van der Waals surface area (Å²) in [6.07, 6.45) is 0.390. The Morgan fingerprint density at radius 2 is 1.76 bits per heavy atom. The van der Waals surface area contributed by atoms with E-state index in [1.165, 1.54) is 17.7 Å². The Morgan fingerprint density at radius 3 is 2.34 bits per heavy atom. The standard InChI is InChI=1S/C23H30F2N2OS/c1-5-16-7-6-8-18(9-16)23(3,4)26-14-22(28)21(27-15(2)29)12-17-10-19(24)13-20(25)11-17/h6-11,13,21-22,26,28H,5,12,14H2,1-4H3,(H,27,29)/t21-,22-/m0/s1. The molecule has 2 rings (SSSR count). The molecule has 2 aromatic carbocycles. The Hall–Kier alpha value is -1.89. The second-order valence-electron chi connectivity index (χ2n) is 7.92. The van der Waals surface area contributed by atoms with Gasteiger partial charge in [-0.1, -0.05) is 43.4 Å². The molecule has 0 radical (unpaired) electrons. The van der Waals surface area contributed by atoms with Crippen LogP contribution >= 0.6 is 12.2 Å². The summed E-state index contributed by atoms with van der Waals surface area (Å²) in [6.45, 7) is 8.24. The Morgan fingerprint density at radius 1 is 1.10 bits per heavy atom. The minimum atomic E-state index is -0.812. The van der Waals surface area contributed by atoms with Crippen LogP contribution in [0.3, 0.4) is 0 Å². The van der Waals surface area contributed by atoms with E-state index in [2.05, 4.69) is 49.6 Å². The van der Waals surface area contributed by atoms with Crippen molar-refractivity contribution < 1.29 is 13.9 Å². The lowest BCUT2D eigenvalue weighted by Gasteiger charge is -2.31. The molecule has 0 bridgehead atoms. The first kappa shape index (κ1) is 23.4. The van der Waals surface area contributed by atoms with Gasteiger partial charge in [0.25, 0.3) is 0 Å². The summed E-state index contributed by atoms with van der Waals surface area (Å²) < 4.78 is 27.1. The van der Waals surface area contributed by atoms with Crippen LogP contribution in [0.15, 0.2) is 42.5 Å². The fraction of sp³-hybridized carbons (Fsp3) is 0.435. The van der Waals surface area contributed by atoms with Crippen LogP contribution in [0.4, 0.5) is 8.78 Å². The summed E-state index contributed by atoms with van der Waals surface area (Å²) in [5.74, 6) is -1.27. The molecule has 6 heteroatoms. The Kier molecular flexibility index (Phi) is 8.25. The third-order valence-corrected chi connectivity index (χ3v) is 5.16. The summed E-state index contributed by atoms with van der Waals surface area (Å²) in [5.41, 5.74) is 2.49. The van der Waals surface area contributed by atoms with Crippen molar-refractivity contribution in [2.75, 3.05) is 6.54 Å². The van der Waals surface area contributed by atoms with Crippen molar-refractivity contribution in [1.29, 1.82) is 0 Å². The van der Waals surface area contributed by atoms with Crippen molar-refractivity contribution in [2.45, 2.75) is 58.2 Å². The van der Waals surface area contributed by atoms with E-state index in [0.717, 1.165) is 18.1 Å². The van der Waals surface area contributed by atoms with Gasteiger partial charge in [-0.25, -0.2) is 8.78 Å². The van der Waals surface area contributed by atoms with Crippen molar-refractivity contribution in [3.05, 3.63) is 70.8 Å². The van der Waals surface area contributed by atoms with Gasteiger partial charge in [-0.05, 0) is 62.4 Å². The number of thiocarbonyl (C=S) groups is 1. The molecule has 2 aromatic rings. The first-order valence-electron chi connectivity index (χ1n) is 9.85. The minimum absolute atomic E-state index is 0.247. The molecular formula is C23H30F2N2OS. The number of rotatable bonds is 9. The average Bonchev–Trinajstić information content (AvgIpc) is 2.64. The van der Waals surface area contributed by atoms with E-state index in [9.17, 15) is 13.9 Å². The Bertz CT molecular complexity index is 821. The highest BCUT2D eigenvalue weighted by atomic mass is 32.1. The van der Waals surface area contributed by atoms with Crippen LogP contribution < -0.4 is 10.6 Å². The normalized spacial score (nSPS) is 13.8. The summed E-state index contributed by atoms with van der Waals surface area (Å²) in [6, 6.07) is 11.3. The smallest absolute Gasteiger partial charge is 0.126 e. The molecule has 0 amide bonds. The molecule has 0 fully saturated rings. The second-order valence-corrected chi connectivity index (χ2v) is 8.53. The largest absolute Gasteiger partial charge is 0.390 e. The molecule has 2 atom stereocenters. The SMILES string of the molecule is CCc1cccc(C(C)(C)NC[C@H](O)[C@H](Cc2cc(F)cc(F)c2)NC(C)=S)c1. The maximum absolute atomic E-state index is 13.5. The van der Waals surface area contributed by atoms with E-state index < -0.39 is 23.8 Å². The van der Waals surface area contributed by atoms with Gasteiger partial charge in [0, 0.05) is 18.2 Å². The fourth-order valence-corrected chi connectivity index (χ4v) is 3.46. The molecule has 0 heterocycles. The first-order valence-corrected chi connectivity index (χ1v) is 10.3. The molecule has 0 saturated carbocycles. The highest BCUT2D eigenvalue weighted by Crippen LogP contribution is 2.21. The molecule has 0 unspecified atom stereocenters. The maximum Gasteiger partial charge on any atom is 0.126 e. The van der Waals surface area contributed by atoms with Gasteiger partial charge in [0.15, 0.2) is 0 Å². The predicted octanol–water partition coefficient (Wildman–Crippen LogP) is 4.26. The van der Waals surface area contributed by atoms with Crippen LogP contribution in [0.25, 0.3) is 0 Å². The first-order chi connectivity index (χ1) is 13.6. The molecule has 0 spiro atoms. The molecule has 0 aliphatic heterocycles. The van der Waals surface area contributed by atoms with Gasteiger partial charge < -0.3 is 15.7 Å². The zero-order valence-electron chi connectivity index (χ0n) is 17.4. The lowest BCUT2D eigenvalue weighted by atomic mass is 9.91.